The standard InChI is InChI=1S/C9H8F3NO5S/c10-6-3-5(1-2-7(6)18-9(11)12)13-19(16,17)4-8(14)15/h1-3,9,13H,4H2,(H,14,15). The summed E-state index contributed by atoms with van der Waals surface area (Å²) in [5.41, 5.74) is -0.305. The van der Waals surface area contributed by atoms with Crippen molar-refractivity contribution in [3.63, 3.8) is 0 Å². The van der Waals surface area contributed by atoms with Crippen molar-refractivity contribution >= 4 is 21.7 Å². The first kappa shape index (κ1) is 15.1. The monoisotopic (exact) mass is 299 g/mol. The average Bonchev–Trinajstić information content (AvgIpc) is 2.18. The van der Waals surface area contributed by atoms with Crippen LogP contribution in [-0.2, 0) is 14.8 Å². The molecule has 1 aromatic rings. The Balaban J connectivity index is 2.87. The van der Waals surface area contributed by atoms with Crippen LogP contribution in [-0.4, -0.2) is 31.9 Å². The maximum Gasteiger partial charge on any atom is 0.387 e. The van der Waals surface area contributed by atoms with Gasteiger partial charge >= 0.3 is 12.6 Å². The van der Waals surface area contributed by atoms with E-state index in [1.165, 1.54) is 0 Å². The van der Waals surface area contributed by atoms with E-state index in [1.807, 2.05) is 0 Å². The lowest BCUT2D eigenvalue weighted by Crippen LogP contribution is -2.22. The third-order valence-electron chi connectivity index (χ3n) is 1.73. The van der Waals surface area contributed by atoms with Crippen LogP contribution in [0.3, 0.4) is 0 Å². The number of alkyl halides is 2. The Labute approximate surface area is 105 Å². The number of benzene rings is 1. The highest BCUT2D eigenvalue weighted by Crippen LogP contribution is 2.23. The van der Waals surface area contributed by atoms with E-state index in [0.29, 0.717) is 6.07 Å². The lowest BCUT2D eigenvalue weighted by molar-refractivity contribution is -0.134. The second-order valence-corrected chi connectivity index (χ2v) is 5.00. The number of carbonyl (C=O) groups is 1. The number of hydrogen-bond acceptors (Lipinski definition) is 4. The molecule has 0 amide bonds. The first-order valence-electron chi connectivity index (χ1n) is 4.66. The predicted molar refractivity (Wildman–Crippen MR) is 58.1 cm³/mol. The number of anilines is 1. The van der Waals surface area contributed by atoms with E-state index >= 15 is 0 Å². The van der Waals surface area contributed by atoms with Crippen LogP contribution in [0.1, 0.15) is 0 Å². The van der Waals surface area contributed by atoms with Crippen LogP contribution in [0, 0.1) is 5.82 Å². The Morgan fingerprint density at radius 1 is 1.42 bits per heavy atom. The summed E-state index contributed by atoms with van der Waals surface area (Å²) in [7, 11) is -4.19. The maximum absolute atomic E-state index is 13.2. The summed E-state index contributed by atoms with van der Waals surface area (Å²) in [5.74, 6) is -4.76. The molecule has 6 nitrogen and oxygen atoms in total. The van der Waals surface area contributed by atoms with Crippen LogP contribution in [0.15, 0.2) is 18.2 Å². The minimum absolute atomic E-state index is 0.305. The zero-order valence-electron chi connectivity index (χ0n) is 9.14. The molecule has 0 heterocycles. The predicted octanol–water partition coefficient (Wildman–Crippen LogP) is 1.25. The molecule has 0 fully saturated rings. The van der Waals surface area contributed by atoms with Gasteiger partial charge in [-0.15, -0.1) is 0 Å². The molecule has 0 aliphatic heterocycles. The third kappa shape index (κ3) is 5.04. The normalized spacial score (nSPS) is 11.4. The fourth-order valence-electron chi connectivity index (χ4n) is 1.13. The Kier molecular flexibility index (Phi) is 4.59. The highest BCUT2D eigenvalue weighted by Gasteiger charge is 2.17. The van der Waals surface area contributed by atoms with Crippen LogP contribution in [0.5, 0.6) is 5.75 Å². The van der Waals surface area contributed by atoms with Gasteiger partial charge in [-0.3, -0.25) is 9.52 Å². The fraction of sp³-hybridized carbons (Fsp3) is 0.222. The van der Waals surface area contributed by atoms with Gasteiger partial charge in [0.25, 0.3) is 0 Å². The molecule has 0 aliphatic rings. The molecule has 10 heteroatoms. The minimum Gasteiger partial charge on any atom is -0.480 e. The van der Waals surface area contributed by atoms with Gasteiger partial charge in [-0.05, 0) is 12.1 Å². The average molecular weight is 299 g/mol. The zero-order chi connectivity index (χ0) is 14.6. The molecule has 0 spiro atoms. The summed E-state index contributed by atoms with van der Waals surface area (Å²) in [6.45, 7) is -3.22. The molecule has 0 radical (unpaired) electrons. The summed E-state index contributed by atoms with van der Waals surface area (Å²) < 4.78 is 65.0. The molecule has 19 heavy (non-hydrogen) atoms. The van der Waals surface area contributed by atoms with Gasteiger partial charge in [-0.25, -0.2) is 12.8 Å². The molecule has 0 saturated heterocycles. The number of nitrogens with one attached hydrogen (secondary N) is 1. The Morgan fingerprint density at radius 3 is 2.53 bits per heavy atom. The lowest BCUT2D eigenvalue weighted by atomic mass is 10.3. The quantitative estimate of drug-likeness (QED) is 0.824. The highest BCUT2D eigenvalue weighted by atomic mass is 32.2. The third-order valence-corrected chi connectivity index (χ3v) is 2.91. The molecule has 106 valence electrons. The highest BCUT2D eigenvalue weighted by molar-refractivity contribution is 7.93. The van der Waals surface area contributed by atoms with E-state index in [2.05, 4.69) is 4.74 Å². The number of carboxylic acid groups (broad SMARTS) is 1. The van der Waals surface area contributed by atoms with Crippen molar-refractivity contribution in [3.05, 3.63) is 24.0 Å². The van der Waals surface area contributed by atoms with Crippen molar-refractivity contribution in [3.8, 4) is 5.75 Å². The van der Waals surface area contributed by atoms with Gasteiger partial charge in [0.15, 0.2) is 17.3 Å². The van der Waals surface area contributed by atoms with E-state index in [0.717, 1.165) is 12.1 Å². The van der Waals surface area contributed by atoms with Crippen LogP contribution in [0.4, 0.5) is 18.9 Å². The fourth-order valence-corrected chi connectivity index (χ4v) is 2.02. The van der Waals surface area contributed by atoms with Crippen molar-refractivity contribution in [1.82, 2.24) is 0 Å². The molecule has 1 rings (SSSR count). The van der Waals surface area contributed by atoms with Gasteiger partial charge in [0.1, 0.15) is 0 Å². The van der Waals surface area contributed by atoms with E-state index in [4.69, 9.17) is 5.11 Å². The van der Waals surface area contributed by atoms with E-state index in [9.17, 15) is 26.4 Å². The molecule has 0 saturated carbocycles. The second kappa shape index (κ2) is 5.78. The first-order chi connectivity index (χ1) is 8.69. The maximum atomic E-state index is 13.2. The molecule has 0 aliphatic carbocycles. The second-order valence-electron chi connectivity index (χ2n) is 3.28. The van der Waals surface area contributed by atoms with Gasteiger partial charge < -0.3 is 9.84 Å². The first-order valence-corrected chi connectivity index (χ1v) is 6.31. The minimum atomic E-state index is -4.19. The summed E-state index contributed by atoms with van der Waals surface area (Å²) in [6.07, 6.45) is 0. The Morgan fingerprint density at radius 2 is 2.05 bits per heavy atom. The summed E-state index contributed by atoms with van der Waals surface area (Å²) >= 11 is 0. The molecular formula is C9H8F3NO5S. The van der Waals surface area contributed by atoms with Gasteiger partial charge in [0, 0.05) is 6.07 Å². The molecular weight excluding hydrogens is 291 g/mol. The molecule has 0 atom stereocenters. The number of carboxylic acids is 1. The summed E-state index contributed by atoms with van der Waals surface area (Å²) in [4.78, 5) is 10.3. The van der Waals surface area contributed by atoms with Crippen molar-refractivity contribution in [2.45, 2.75) is 6.61 Å². The molecule has 0 bridgehead atoms. The van der Waals surface area contributed by atoms with E-state index in [-0.39, 0.29) is 5.69 Å². The largest absolute Gasteiger partial charge is 0.480 e. The van der Waals surface area contributed by atoms with Crippen LogP contribution in [0.2, 0.25) is 0 Å². The zero-order valence-corrected chi connectivity index (χ0v) is 9.96. The van der Waals surface area contributed by atoms with Crippen molar-refractivity contribution in [2.24, 2.45) is 0 Å². The van der Waals surface area contributed by atoms with E-state index in [1.54, 1.807) is 4.72 Å². The number of rotatable bonds is 6. The topological polar surface area (TPSA) is 92.7 Å². The van der Waals surface area contributed by atoms with Crippen LogP contribution >= 0.6 is 0 Å². The number of hydrogen-bond donors (Lipinski definition) is 2. The van der Waals surface area contributed by atoms with Gasteiger partial charge in [0.05, 0.1) is 5.69 Å². The van der Waals surface area contributed by atoms with E-state index < -0.39 is 39.9 Å². The summed E-state index contributed by atoms with van der Waals surface area (Å²) in [5, 5.41) is 8.33. The van der Waals surface area contributed by atoms with Gasteiger partial charge in [0.2, 0.25) is 10.0 Å². The number of halogens is 3. The Hall–Kier alpha value is -1.97. The van der Waals surface area contributed by atoms with Gasteiger partial charge in [-0.2, -0.15) is 8.78 Å². The number of aliphatic carboxylic acids is 1. The SMILES string of the molecule is O=C(O)CS(=O)(=O)Nc1ccc(OC(F)F)c(F)c1. The number of ether oxygens (including phenoxy) is 1. The Bertz CT molecular complexity index is 575. The van der Waals surface area contributed by atoms with Crippen molar-refractivity contribution in [2.75, 3.05) is 10.5 Å². The van der Waals surface area contributed by atoms with Gasteiger partial charge in [-0.1, -0.05) is 0 Å². The molecule has 1 aromatic carbocycles. The molecule has 0 aromatic heterocycles. The van der Waals surface area contributed by atoms with Crippen LogP contribution < -0.4 is 9.46 Å². The van der Waals surface area contributed by atoms with Crippen molar-refractivity contribution in [1.29, 1.82) is 0 Å². The smallest absolute Gasteiger partial charge is 0.387 e. The summed E-state index contributed by atoms with van der Waals surface area (Å²) in [6, 6.07) is 2.34. The molecule has 2 N–H and O–H groups in total. The number of sulfonamides is 1. The van der Waals surface area contributed by atoms with Crippen molar-refractivity contribution < 1.29 is 36.2 Å². The lowest BCUT2D eigenvalue weighted by Gasteiger charge is -2.09. The van der Waals surface area contributed by atoms with Crippen LogP contribution in [0.25, 0.3) is 0 Å². The molecule has 0 unspecified atom stereocenters.